The Bertz CT molecular complexity index is 1150. The highest BCUT2D eigenvalue weighted by molar-refractivity contribution is 7.22. The zero-order chi connectivity index (χ0) is 20.4. The number of amides is 1. The lowest BCUT2D eigenvalue weighted by Crippen LogP contribution is -2.34. The second-order valence-corrected chi connectivity index (χ2v) is 8.08. The van der Waals surface area contributed by atoms with Crippen molar-refractivity contribution < 1.29 is 4.79 Å². The second kappa shape index (κ2) is 8.05. The molecule has 148 valence electrons. The molecule has 2 aromatic heterocycles. The van der Waals surface area contributed by atoms with Gasteiger partial charge in [0.1, 0.15) is 0 Å². The van der Waals surface area contributed by atoms with Gasteiger partial charge in [-0.2, -0.15) is 10.1 Å². The van der Waals surface area contributed by atoms with E-state index >= 15 is 0 Å². The van der Waals surface area contributed by atoms with Gasteiger partial charge in [0, 0.05) is 13.6 Å². The summed E-state index contributed by atoms with van der Waals surface area (Å²) in [4.78, 5) is 19.0. The first-order valence-corrected chi connectivity index (χ1v) is 10.3. The summed E-state index contributed by atoms with van der Waals surface area (Å²) < 4.78 is 2.92. The number of hydrogen-bond donors (Lipinski definition) is 1. The maximum Gasteiger partial charge on any atom is 0.239 e. The number of nitrogens with one attached hydrogen (secondary N) is 1. The van der Waals surface area contributed by atoms with Crippen molar-refractivity contribution in [3.63, 3.8) is 0 Å². The van der Waals surface area contributed by atoms with Gasteiger partial charge in [-0.15, -0.1) is 0 Å². The number of benzene rings is 2. The molecule has 29 heavy (non-hydrogen) atoms. The van der Waals surface area contributed by atoms with E-state index in [1.54, 1.807) is 11.3 Å². The zero-order valence-electron chi connectivity index (χ0n) is 16.7. The molecule has 0 saturated heterocycles. The van der Waals surface area contributed by atoms with Crippen LogP contribution >= 0.6 is 11.3 Å². The van der Waals surface area contributed by atoms with Crippen LogP contribution in [0.2, 0.25) is 0 Å². The molecule has 6 nitrogen and oxygen atoms in total. The summed E-state index contributed by atoms with van der Waals surface area (Å²) in [6, 6.07) is 18.1. The smallest absolute Gasteiger partial charge is 0.239 e. The number of nitrogens with zero attached hydrogens (tertiary/aromatic N) is 4. The number of carbonyl (C=O) groups excluding carboxylic acids is 1. The SMILES string of the molecule is Cc1cccc(-n2nc(C)c3sc(N(C)CC(=O)NCc4ccccc4)nc32)c1. The normalized spacial score (nSPS) is 11.0. The number of aryl methyl sites for hydroxylation is 2. The summed E-state index contributed by atoms with van der Waals surface area (Å²) >= 11 is 1.56. The Morgan fingerprint density at radius 3 is 2.69 bits per heavy atom. The van der Waals surface area contributed by atoms with Gasteiger partial charge in [-0.1, -0.05) is 53.8 Å². The minimum Gasteiger partial charge on any atom is -0.350 e. The van der Waals surface area contributed by atoms with Gasteiger partial charge >= 0.3 is 0 Å². The molecule has 0 spiro atoms. The molecule has 0 aliphatic carbocycles. The summed E-state index contributed by atoms with van der Waals surface area (Å²) in [5.74, 6) is -0.0346. The summed E-state index contributed by atoms with van der Waals surface area (Å²) in [5, 5.41) is 8.42. The fourth-order valence-corrected chi connectivity index (χ4v) is 4.11. The van der Waals surface area contributed by atoms with Gasteiger partial charge in [0.25, 0.3) is 0 Å². The van der Waals surface area contributed by atoms with Gasteiger partial charge in [-0.3, -0.25) is 4.79 Å². The van der Waals surface area contributed by atoms with Gasteiger partial charge < -0.3 is 10.2 Å². The molecule has 0 bridgehead atoms. The Hall–Kier alpha value is -3.19. The Labute approximate surface area is 173 Å². The van der Waals surface area contributed by atoms with Crippen molar-refractivity contribution in [2.45, 2.75) is 20.4 Å². The highest BCUT2D eigenvalue weighted by Gasteiger charge is 2.18. The van der Waals surface area contributed by atoms with Crippen LogP contribution in [0.4, 0.5) is 5.13 Å². The quantitative estimate of drug-likeness (QED) is 0.529. The molecular weight excluding hydrogens is 382 g/mol. The molecule has 0 saturated carbocycles. The number of fused-ring (bicyclic) bond motifs is 1. The molecule has 1 amide bonds. The van der Waals surface area contributed by atoms with Gasteiger partial charge in [0.05, 0.1) is 22.6 Å². The summed E-state index contributed by atoms with van der Waals surface area (Å²) in [7, 11) is 1.89. The fourth-order valence-electron chi connectivity index (χ4n) is 3.16. The predicted octanol–water partition coefficient (Wildman–Crippen LogP) is 3.85. The lowest BCUT2D eigenvalue weighted by Gasteiger charge is -2.15. The number of rotatable bonds is 6. The van der Waals surface area contributed by atoms with Gasteiger partial charge in [0.15, 0.2) is 10.8 Å². The molecule has 0 radical (unpaired) electrons. The van der Waals surface area contributed by atoms with E-state index in [-0.39, 0.29) is 12.5 Å². The highest BCUT2D eigenvalue weighted by Crippen LogP contribution is 2.32. The monoisotopic (exact) mass is 405 g/mol. The van der Waals surface area contributed by atoms with E-state index in [4.69, 9.17) is 4.98 Å². The van der Waals surface area contributed by atoms with Gasteiger partial charge in [-0.05, 0) is 37.1 Å². The zero-order valence-corrected chi connectivity index (χ0v) is 17.5. The Morgan fingerprint density at radius 1 is 1.14 bits per heavy atom. The maximum atomic E-state index is 12.4. The van der Waals surface area contributed by atoms with Crippen LogP contribution in [0.3, 0.4) is 0 Å². The number of anilines is 1. The number of carbonyl (C=O) groups is 1. The second-order valence-electron chi connectivity index (χ2n) is 7.10. The van der Waals surface area contributed by atoms with Crippen LogP contribution in [0.1, 0.15) is 16.8 Å². The first-order chi connectivity index (χ1) is 14.0. The standard InChI is InChI=1S/C22H23N5OS/c1-15-8-7-11-18(12-15)27-21-20(16(2)25-27)29-22(24-21)26(3)14-19(28)23-13-17-9-5-4-6-10-17/h4-12H,13-14H2,1-3H3,(H,23,28). The van der Waals surface area contributed by atoms with Crippen LogP contribution in [-0.2, 0) is 11.3 Å². The largest absolute Gasteiger partial charge is 0.350 e. The molecule has 0 unspecified atom stereocenters. The van der Waals surface area contributed by atoms with Crippen molar-refractivity contribution in [2.24, 2.45) is 0 Å². The van der Waals surface area contributed by atoms with Crippen LogP contribution in [0.5, 0.6) is 0 Å². The fraction of sp³-hybridized carbons (Fsp3) is 0.227. The molecule has 4 aromatic rings. The number of aromatic nitrogens is 3. The van der Waals surface area contributed by atoms with Crippen molar-refractivity contribution in [3.8, 4) is 5.69 Å². The summed E-state index contributed by atoms with van der Waals surface area (Å²) in [5.41, 5.74) is 5.00. The Morgan fingerprint density at radius 2 is 1.93 bits per heavy atom. The van der Waals surface area contributed by atoms with Gasteiger partial charge in [0.2, 0.25) is 5.91 Å². The molecular formula is C22H23N5OS. The minimum absolute atomic E-state index is 0.0346. The summed E-state index contributed by atoms with van der Waals surface area (Å²) in [6.45, 7) is 4.82. The molecule has 2 aromatic carbocycles. The molecule has 4 rings (SSSR count). The van der Waals surface area contributed by atoms with Crippen molar-refractivity contribution in [1.29, 1.82) is 0 Å². The average molecular weight is 406 g/mol. The van der Waals surface area contributed by atoms with Crippen LogP contribution in [0.25, 0.3) is 16.0 Å². The molecule has 0 aliphatic heterocycles. The number of thiazole rings is 1. The topological polar surface area (TPSA) is 63.1 Å². The number of likely N-dealkylation sites (N-methyl/N-ethyl adjacent to an activating group) is 1. The van der Waals surface area contributed by atoms with Crippen LogP contribution in [0.15, 0.2) is 54.6 Å². The van der Waals surface area contributed by atoms with Crippen molar-refractivity contribution >= 4 is 32.7 Å². The van der Waals surface area contributed by atoms with E-state index in [0.29, 0.717) is 6.54 Å². The highest BCUT2D eigenvalue weighted by atomic mass is 32.1. The Balaban J connectivity index is 1.50. The first kappa shape index (κ1) is 19.1. The third-order valence-corrected chi connectivity index (χ3v) is 5.93. The van der Waals surface area contributed by atoms with Crippen molar-refractivity contribution in [1.82, 2.24) is 20.1 Å². The van der Waals surface area contributed by atoms with Gasteiger partial charge in [-0.25, -0.2) is 4.68 Å². The third-order valence-electron chi connectivity index (χ3n) is 4.66. The van der Waals surface area contributed by atoms with Crippen molar-refractivity contribution in [3.05, 3.63) is 71.4 Å². The van der Waals surface area contributed by atoms with E-state index in [1.807, 2.05) is 66.0 Å². The van der Waals surface area contributed by atoms with Crippen LogP contribution < -0.4 is 10.2 Å². The lowest BCUT2D eigenvalue weighted by atomic mass is 10.2. The molecule has 1 N–H and O–H groups in total. The van der Waals surface area contributed by atoms with E-state index in [1.165, 1.54) is 5.56 Å². The molecule has 7 heteroatoms. The third kappa shape index (κ3) is 4.14. The van der Waals surface area contributed by atoms with E-state index in [9.17, 15) is 4.79 Å². The van der Waals surface area contributed by atoms with Crippen LogP contribution in [-0.4, -0.2) is 34.3 Å². The molecule has 0 atom stereocenters. The molecule has 0 fully saturated rings. The van der Waals surface area contributed by atoms with E-state index in [0.717, 1.165) is 32.4 Å². The van der Waals surface area contributed by atoms with Crippen molar-refractivity contribution in [2.75, 3.05) is 18.5 Å². The molecule has 2 heterocycles. The minimum atomic E-state index is -0.0346. The molecule has 0 aliphatic rings. The Kier molecular flexibility index (Phi) is 5.31. The maximum absolute atomic E-state index is 12.4. The summed E-state index contributed by atoms with van der Waals surface area (Å²) in [6.07, 6.45) is 0. The van der Waals surface area contributed by atoms with E-state index in [2.05, 4.69) is 29.5 Å². The number of hydrogen-bond acceptors (Lipinski definition) is 5. The average Bonchev–Trinajstić information content (AvgIpc) is 3.28. The predicted molar refractivity (Wildman–Crippen MR) is 118 cm³/mol. The first-order valence-electron chi connectivity index (χ1n) is 9.46. The lowest BCUT2D eigenvalue weighted by molar-refractivity contribution is -0.119. The van der Waals surface area contributed by atoms with E-state index < -0.39 is 0 Å². The van der Waals surface area contributed by atoms with Crippen LogP contribution in [0, 0.1) is 13.8 Å².